The van der Waals surface area contributed by atoms with Gasteiger partial charge in [-0.3, -0.25) is 9.78 Å². The lowest BCUT2D eigenvalue weighted by Gasteiger charge is -2.22. The molecule has 1 heterocycles. The summed E-state index contributed by atoms with van der Waals surface area (Å²) in [5.41, 5.74) is 2.14. The van der Waals surface area contributed by atoms with Gasteiger partial charge >= 0.3 is 0 Å². The molecule has 0 saturated heterocycles. The maximum Gasteiger partial charge on any atom is 0.253 e. The number of sulfone groups is 1. The Labute approximate surface area is 173 Å². The maximum atomic E-state index is 12.7. The van der Waals surface area contributed by atoms with Crippen LogP contribution in [0.15, 0.2) is 47.5 Å². The van der Waals surface area contributed by atoms with Crippen LogP contribution in [0.4, 0.5) is 0 Å². The van der Waals surface area contributed by atoms with E-state index in [1.165, 1.54) is 32.1 Å². The second-order valence-corrected chi connectivity index (χ2v) is 10.1. The van der Waals surface area contributed by atoms with Crippen molar-refractivity contribution in [3.05, 3.63) is 59.4 Å². The minimum absolute atomic E-state index is 0.0379. The van der Waals surface area contributed by atoms with Gasteiger partial charge in [0.05, 0.1) is 21.9 Å². The fourth-order valence-corrected chi connectivity index (χ4v) is 5.34. The zero-order valence-electron chi connectivity index (χ0n) is 17.1. The molecular formula is C23H30N2O3S. The number of aryl methyl sites for hydroxylation is 2. The molecule has 5 nitrogen and oxygen atoms in total. The lowest BCUT2D eigenvalue weighted by Crippen LogP contribution is -2.31. The summed E-state index contributed by atoms with van der Waals surface area (Å²) in [5.74, 6) is 0.489. The lowest BCUT2D eigenvalue weighted by atomic mass is 9.89. The summed E-state index contributed by atoms with van der Waals surface area (Å²) >= 11 is 0. The van der Waals surface area contributed by atoms with E-state index < -0.39 is 9.84 Å². The molecule has 0 radical (unpaired) electrons. The zero-order chi connectivity index (χ0) is 20.7. The molecule has 0 unspecified atom stereocenters. The first-order valence-corrected chi connectivity index (χ1v) is 12.1. The van der Waals surface area contributed by atoms with E-state index in [0.717, 1.165) is 5.56 Å². The maximum absolute atomic E-state index is 12.7. The third-order valence-corrected chi connectivity index (χ3v) is 7.38. The number of pyridine rings is 1. The largest absolute Gasteiger partial charge is 0.352 e. The summed E-state index contributed by atoms with van der Waals surface area (Å²) in [4.78, 5) is 17.4. The molecule has 0 atom stereocenters. The predicted molar refractivity (Wildman–Crippen MR) is 115 cm³/mol. The van der Waals surface area contributed by atoms with Gasteiger partial charge in [-0.25, -0.2) is 8.42 Å². The fourth-order valence-electron chi connectivity index (χ4n) is 3.92. The summed E-state index contributed by atoms with van der Waals surface area (Å²) in [6.45, 7) is 2.58. The number of benzene rings is 1. The van der Waals surface area contributed by atoms with Crippen molar-refractivity contribution in [2.45, 2.75) is 56.8 Å². The Morgan fingerprint density at radius 1 is 1.14 bits per heavy atom. The number of aromatic nitrogens is 1. The molecule has 156 valence electrons. The molecule has 0 spiro atoms. The van der Waals surface area contributed by atoms with E-state index in [2.05, 4.69) is 10.3 Å². The molecule has 1 N–H and O–H groups in total. The van der Waals surface area contributed by atoms with Crippen molar-refractivity contribution >= 4 is 15.7 Å². The van der Waals surface area contributed by atoms with Crippen LogP contribution in [-0.2, 0) is 16.3 Å². The number of hydrogen-bond donors (Lipinski definition) is 1. The normalized spacial score (nSPS) is 15.2. The molecule has 1 amide bonds. The van der Waals surface area contributed by atoms with Gasteiger partial charge in [0.15, 0.2) is 9.84 Å². The molecule has 1 fully saturated rings. The molecule has 2 aromatic rings. The molecule has 3 rings (SSSR count). The monoisotopic (exact) mass is 414 g/mol. The van der Waals surface area contributed by atoms with Crippen molar-refractivity contribution < 1.29 is 13.2 Å². The molecule has 1 aromatic heterocycles. The molecule has 0 aliphatic heterocycles. The van der Waals surface area contributed by atoms with Crippen LogP contribution in [0, 0.1) is 12.8 Å². The van der Waals surface area contributed by atoms with Crippen LogP contribution in [0.1, 0.15) is 60.1 Å². The van der Waals surface area contributed by atoms with Crippen LogP contribution in [0.2, 0.25) is 0 Å². The third-order valence-electron chi connectivity index (χ3n) is 5.59. The van der Waals surface area contributed by atoms with Crippen molar-refractivity contribution in [3.8, 4) is 0 Å². The van der Waals surface area contributed by atoms with Gasteiger partial charge in [-0.15, -0.1) is 0 Å². The Hall–Kier alpha value is -2.21. The Morgan fingerprint density at radius 3 is 2.69 bits per heavy atom. The van der Waals surface area contributed by atoms with Gasteiger partial charge in [-0.05, 0) is 68.4 Å². The molecule has 1 aromatic carbocycles. The molecule has 1 aliphatic carbocycles. The van der Waals surface area contributed by atoms with Gasteiger partial charge in [0.25, 0.3) is 5.91 Å². The first-order valence-electron chi connectivity index (χ1n) is 10.5. The van der Waals surface area contributed by atoms with E-state index >= 15 is 0 Å². The van der Waals surface area contributed by atoms with E-state index in [0.29, 0.717) is 41.5 Å². The van der Waals surface area contributed by atoms with Crippen molar-refractivity contribution in [2.24, 2.45) is 5.92 Å². The van der Waals surface area contributed by atoms with Crippen LogP contribution in [0.3, 0.4) is 0 Å². The number of amides is 1. The average molecular weight is 415 g/mol. The van der Waals surface area contributed by atoms with E-state index in [-0.39, 0.29) is 11.7 Å². The Kier molecular flexibility index (Phi) is 7.42. The van der Waals surface area contributed by atoms with Crippen LogP contribution in [0.25, 0.3) is 0 Å². The molecule has 1 saturated carbocycles. The van der Waals surface area contributed by atoms with Crippen molar-refractivity contribution in [3.63, 3.8) is 0 Å². The van der Waals surface area contributed by atoms with Gasteiger partial charge < -0.3 is 5.32 Å². The first-order chi connectivity index (χ1) is 14.0. The number of nitrogens with one attached hydrogen (secondary N) is 1. The number of carbonyl (C=O) groups excluding carboxylic acids is 1. The molecule has 6 heteroatoms. The number of rotatable bonds is 8. The van der Waals surface area contributed by atoms with Crippen LogP contribution in [-0.4, -0.2) is 31.6 Å². The summed E-state index contributed by atoms with van der Waals surface area (Å²) in [7, 11) is -3.34. The van der Waals surface area contributed by atoms with Crippen molar-refractivity contribution in [1.29, 1.82) is 0 Å². The van der Waals surface area contributed by atoms with E-state index in [4.69, 9.17) is 0 Å². The Bertz CT molecular complexity index is 935. The summed E-state index contributed by atoms with van der Waals surface area (Å²) < 4.78 is 25.1. The molecule has 29 heavy (non-hydrogen) atoms. The number of hydrogen-bond acceptors (Lipinski definition) is 4. The summed E-state index contributed by atoms with van der Waals surface area (Å²) in [6, 6.07) is 10.5. The minimum Gasteiger partial charge on any atom is -0.352 e. The van der Waals surface area contributed by atoms with E-state index in [1.807, 2.05) is 13.0 Å². The molecule has 0 bridgehead atoms. The average Bonchev–Trinajstić information content (AvgIpc) is 2.73. The lowest BCUT2D eigenvalue weighted by molar-refractivity contribution is 0.0942. The topological polar surface area (TPSA) is 76.1 Å². The van der Waals surface area contributed by atoms with Crippen LogP contribution in [0.5, 0.6) is 0 Å². The quantitative estimate of drug-likeness (QED) is 0.705. The number of nitrogens with zero attached hydrogens (tertiary/aromatic N) is 1. The molecular weight excluding hydrogens is 384 g/mol. The van der Waals surface area contributed by atoms with Gasteiger partial charge in [0.2, 0.25) is 0 Å². The molecule has 1 aliphatic rings. The SMILES string of the molecule is Cc1cccc(S(=O)(=O)CCCc2ncccc2C(=O)NCC2CCCCC2)c1. The van der Waals surface area contributed by atoms with Crippen LogP contribution >= 0.6 is 0 Å². The highest BCUT2D eigenvalue weighted by atomic mass is 32.2. The van der Waals surface area contributed by atoms with Gasteiger partial charge in [0.1, 0.15) is 0 Å². The highest BCUT2D eigenvalue weighted by Crippen LogP contribution is 2.23. The van der Waals surface area contributed by atoms with E-state index in [1.54, 1.807) is 36.5 Å². The van der Waals surface area contributed by atoms with Gasteiger partial charge in [0, 0.05) is 12.7 Å². The summed E-state index contributed by atoms with van der Waals surface area (Å²) in [5, 5.41) is 3.05. The second kappa shape index (κ2) is 10.0. The standard InChI is InChI=1S/C23H30N2O3S/c1-18-8-5-11-20(16-18)29(27,28)15-7-13-22-21(12-6-14-24-22)23(26)25-17-19-9-3-2-4-10-19/h5-6,8,11-12,14,16,19H,2-4,7,9-10,13,15,17H2,1H3,(H,25,26). The van der Waals surface area contributed by atoms with Gasteiger partial charge in [-0.1, -0.05) is 31.4 Å². The Morgan fingerprint density at radius 2 is 1.93 bits per heavy atom. The third kappa shape index (κ3) is 6.13. The first kappa shape index (κ1) is 21.5. The van der Waals surface area contributed by atoms with Crippen molar-refractivity contribution in [2.75, 3.05) is 12.3 Å². The highest BCUT2D eigenvalue weighted by Gasteiger charge is 2.18. The predicted octanol–water partition coefficient (Wildman–Crippen LogP) is 4.11. The fraction of sp³-hybridized carbons (Fsp3) is 0.478. The smallest absolute Gasteiger partial charge is 0.253 e. The summed E-state index contributed by atoms with van der Waals surface area (Å²) in [6.07, 6.45) is 8.68. The number of carbonyl (C=O) groups is 1. The highest BCUT2D eigenvalue weighted by molar-refractivity contribution is 7.91. The zero-order valence-corrected chi connectivity index (χ0v) is 17.9. The second-order valence-electron chi connectivity index (χ2n) is 7.95. The van der Waals surface area contributed by atoms with Crippen molar-refractivity contribution in [1.82, 2.24) is 10.3 Å². The Balaban J connectivity index is 1.58. The minimum atomic E-state index is -3.34. The van der Waals surface area contributed by atoms with E-state index in [9.17, 15) is 13.2 Å². The van der Waals surface area contributed by atoms with Gasteiger partial charge in [-0.2, -0.15) is 0 Å². The van der Waals surface area contributed by atoms with Crippen LogP contribution < -0.4 is 5.32 Å².